The first-order valence-corrected chi connectivity index (χ1v) is 11.3. The summed E-state index contributed by atoms with van der Waals surface area (Å²) in [5, 5.41) is 3.07. The van der Waals surface area contributed by atoms with E-state index in [1.54, 1.807) is 11.0 Å². The third kappa shape index (κ3) is 6.37. The molecule has 176 valence electrons. The van der Waals surface area contributed by atoms with Crippen molar-refractivity contribution in [1.82, 2.24) is 10.2 Å². The number of rotatable bonds is 8. The molecule has 0 atom stereocenters. The van der Waals surface area contributed by atoms with E-state index in [4.69, 9.17) is 4.74 Å². The number of aryl methyl sites for hydroxylation is 2. The molecule has 0 bridgehead atoms. The molecule has 7 heteroatoms. The number of alkyl halides is 3. The Morgan fingerprint density at radius 1 is 1.22 bits per heavy atom. The van der Waals surface area contributed by atoms with Gasteiger partial charge in [-0.3, -0.25) is 4.79 Å². The summed E-state index contributed by atoms with van der Waals surface area (Å²) < 4.78 is 47.6. The quantitative estimate of drug-likeness (QED) is 0.560. The van der Waals surface area contributed by atoms with E-state index in [9.17, 15) is 13.6 Å². The topological polar surface area (TPSA) is 41.6 Å². The van der Waals surface area contributed by atoms with E-state index in [0.717, 1.165) is 18.1 Å². The number of carbonyl (C=O) groups is 1. The normalized spacial score (nSPS) is 18.8. The molecule has 3 rings (SSSR count). The van der Waals surface area contributed by atoms with E-state index >= 15 is 4.39 Å². The molecule has 0 radical (unpaired) electrons. The van der Waals surface area contributed by atoms with Crippen LogP contribution >= 0.6 is 0 Å². The summed E-state index contributed by atoms with van der Waals surface area (Å²) in [4.78, 5) is 14.4. The molecule has 4 nitrogen and oxygen atoms in total. The van der Waals surface area contributed by atoms with Crippen molar-refractivity contribution < 1.29 is 22.7 Å². The zero-order valence-corrected chi connectivity index (χ0v) is 19.1. The maximum Gasteiger partial charge on any atom is 0.267 e. The zero-order valence-electron chi connectivity index (χ0n) is 19.1. The molecule has 1 amide bonds. The summed E-state index contributed by atoms with van der Waals surface area (Å²) >= 11 is 0. The first-order chi connectivity index (χ1) is 15.1. The lowest BCUT2D eigenvalue weighted by Crippen LogP contribution is -2.49. The predicted molar refractivity (Wildman–Crippen MR) is 120 cm³/mol. The first-order valence-electron chi connectivity index (χ1n) is 11.3. The Labute approximate surface area is 188 Å². The molecular weight excluding hydrogens is 417 g/mol. The number of halogens is 3. The molecule has 1 N–H and O–H groups in total. The van der Waals surface area contributed by atoms with Gasteiger partial charge in [0.25, 0.3) is 11.8 Å². The summed E-state index contributed by atoms with van der Waals surface area (Å²) in [5.74, 6) is -2.44. The smallest absolute Gasteiger partial charge is 0.267 e. The van der Waals surface area contributed by atoms with Gasteiger partial charge in [0.15, 0.2) is 0 Å². The molecule has 1 fully saturated rings. The van der Waals surface area contributed by atoms with Crippen LogP contribution in [0.4, 0.5) is 13.2 Å². The fraction of sp³-hybridized carbons (Fsp3) is 0.560. The van der Waals surface area contributed by atoms with E-state index in [-0.39, 0.29) is 37.5 Å². The van der Waals surface area contributed by atoms with Crippen molar-refractivity contribution in [1.29, 1.82) is 0 Å². The van der Waals surface area contributed by atoms with Crippen LogP contribution in [0.15, 0.2) is 41.7 Å². The number of nitrogens with one attached hydrogen (secondary N) is 1. The highest BCUT2D eigenvalue weighted by molar-refractivity contribution is 5.94. The van der Waals surface area contributed by atoms with Crippen LogP contribution in [0.25, 0.3) is 0 Å². The lowest BCUT2D eigenvalue weighted by atomic mass is 9.92. The van der Waals surface area contributed by atoms with Crippen molar-refractivity contribution in [2.24, 2.45) is 0 Å². The van der Waals surface area contributed by atoms with E-state index < -0.39 is 11.6 Å². The number of amides is 1. The van der Waals surface area contributed by atoms with Crippen molar-refractivity contribution >= 4 is 5.91 Å². The van der Waals surface area contributed by atoms with Gasteiger partial charge in [0.05, 0.1) is 0 Å². The van der Waals surface area contributed by atoms with Crippen LogP contribution in [0.1, 0.15) is 54.1 Å². The standard InChI is InChI=1S/C25H33F3N2O2/c1-18-7-8-20(15-19(18)2)23(31)30-12-9-25(28,10-13-30)17-29-11-14-32-22-6-4-5-21(16-22)24(3,26)27/h6-8,15-16,29H,4-5,9-14,17H2,1-3H3. The van der Waals surface area contributed by atoms with Gasteiger partial charge in [-0.25, -0.2) is 13.2 Å². The van der Waals surface area contributed by atoms with Gasteiger partial charge in [0.1, 0.15) is 18.0 Å². The highest BCUT2D eigenvalue weighted by atomic mass is 19.3. The second kappa shape index (κ2) is 10.1. The van der Waals surface area contributed by atoms with Crippen LogP contribution in [-0.4, -0.2) is 55.2 Å². The molecular formula is C25H33F3N2O2. The molecule has 2 aliphatic rings. The Hall–Kier alpha value is -2.28. The fourth-order valence-corrected chi connectivity index (χ4v) is 4.02. The van der Waals surface area contributed by atoms with Crippen LogP contribution in [0.5, 0.6) is 0 Å². The number of carbonyl (C=O) groups excluding carboxylic acids is 1. The van der Waals surface area contributed by atoms with Crippen LogP contribution in [0.2, 0.25) is 0 Å². The molecule has 0 aromatic heterocycles. The largest absolute Gasteiger partial charge is 0.493 e. The van der Waals surface area contributed by atoms with E-state index in [2.05, 4.69) is 5.32 Å². The van der Waals surface area contributed by atoms with Crippen molar-refractivity contribution in [3.8, 4) is 0 Å². The highest BCUT2D eigenvalue weighted by Crippen LogP contribution is 2.31. The van der Waals surface area contributed by atoms with Crippen molar-refractivity contribution in [2.75, 3.05) is 32.8 Å². The molecule has 0 saturated carbocycles. The van der Waals surface area contributed by atoms with Crippen LogP contribution < -0.4 is 5.32 Å². The Bertz CT molecular complexity index is 882. The van der Waals surface area contributed by atoms with Gasteiger partial charge in [-0.05, 0) is 62.1 Å². The predicted octanol–water partition coefficient (Wildman–Crippen LogP) is 5.11. The molecule has 0 spiro atoms. The second-order valence-corrected chi connectivity index (χ2v) is 8.97. The van der Waals surface area contributed by atoms with E-state index in [1.807, 2.05) is 32.0 Å². The number of likely N-dealkylation sites (tertiary alicyclic amines) is 1. The minimum Gasteiger partial charge on any atom is -0.493 e. The highest BCUT2D eigenvalue weighted by Gasteiger charge is 2.36. The van der Waals surface area contributed by atoms with E-state index in [0.29, 0.717) is 43.8 Å². The van der Waals surface area contributed by atoms with Gasteiger partial charge in [-0.15, -0.1) is 0 Å². The maximum atomic E-state index is 15.1. The van der Waals surface area contributed by atoms with Gasteiger partial charge in [-0.2, -0.15) is 0 Å². The number of allylic oxidation sites excluding steroid dienone is 3. The van der Waals surface area contributed by atoms with Crippen LogP contribution in [-0.2, 0) is 4.74 Å². The molecule has 0 unspecified atom stereocenters. The molecule has 1 aliphatic heterocycles. The van der Waals surface area contributed by atoms with Gasteiger partial charge in [0.2, 0.25) is 0 Å². The molecule has 32 heavy (non-hydrogen) atoms. The number of piperidine rings is 1. The molecule has 1 aromatic rings. The molecule has 1 saturated heterocycles. The zero-order chi connectivity index (χ0) is 23.4. The Morgan fingerprint density at radius 2 is 1.94 bits per heavy atom. The third-order valence-corrected chi connectivity index (χ3v) is 6.33. The number of nitrogens with zero attached hydrogens (tertiary/aromatic N) is 1. The van der Waals surface area contributed by atoms with Crippen molar-refractivity contribution in [3.05, 3.63) is 58.4 Å². The SMILES string of the molecule is Cc1ccc(C(=O)N2CCC(F)(CNCCOC3=CCCC(C(C)(F)F)=C3)CC2)cc1C. The maximum absolute atomic E-state index is 15.1. The van der Waals surface area contributed by atoms with E-state index in [1.165, 1.54) is 6.08 Å². The summed E-state index contributed by atoms with van der Waals surface area (Å²) in [6.45, 7) is 6.50. The molecule has 1 heterocycles. The number of benzene rings is 1. The average Bonchev–Trinajstić information content (AvgIpc) is 2.75. The Morgan fingerprint density at radius 3 is 2.59 bits per heavy atom. The summed E-state index contributed by atoms with van der Waals surface area (Å²) in [7, 11) is 0. The lowest BCUT2D eigenvalue weighted by Gasteiger charge is -2.36. The minimum absolute atomic E-state index is 0.0534. The van der Waals surface area contributed by atoms with Crippen LogP contribution in [0.3, 0.4) is 0 Å². The Kier molecular flexibility index (Phi) is 7.70. The third-order valence-electron chi connectivity index (χ3n) is 6.33. The number of hydrogen-bond acceptors (Lipinski definition) is 3. The first kappa shape index (κ1) is 24.4. The van der Waals surface area contributed by atoms with Crippen LogP contribution in [0, 0.1) is 13.8 Å². The monoisotopic (exact) mass is 450 g/mol. The molecule has 1 aliphatic carbocycles. The fourth-order valence-electron chi connectivity index (χ4n) is 4.02. The van der Waals surface area contributed by atoms with Gasteiger partial charge >= 0.3 is 0 Å². The minimum atomic E-state index is -2.84. The van der Waals surface area contributed by atoms with Gasteiger partial charge in [0, 0.05) is 57.1 Å². The lowest BCUT2D eigenvalue weighted by molar-refractivity contribution is 0.0429. The second-order valence-electron chi connectivity index (χ2n) is 8.97. The summed E-state index contributed by atoms with van der Waals surface area (Å²) in [6.07, 6.45) is 4.63. The van der Waals surface area contributed by atoms with Gasteiger partial charge < -0.3 is 15.0 Å². The summed E-state index contributed by atoms with van der Waals surface area (Å²) in [6, 6.07) is 5.65. The average molecular weight is 451 g/mol. The number of ether oxygens (including phenoxy) is 1. The van der Waals surface area contributed by atoms with Crippen molar-refractivity contribution in [3.63, 3.8) is 0 Å². The van der Waals surface area contributed by atoms with Crippen molar-refractivity contribution in [2.45, 2.75) is 58.0 Å². The number of hydrogen-bond donors (Lipinski definition) is 1. The Balaban J connectivity index is 1.39. The summed E-state index contributed by atoms with van der Waals surface area (Å²) in [5.41, 5.74) is 1.55. The van der Waals surface area contributed by atoms with Gasteiger partial charge in [-0.1, -0.05) is 6.07 Å². The molecule has 1 aromatic carbocycles.